The van der Waals surface area contributed by atoms with Gasteiger partial charge in [-0.15, -0.1) is 0 Å². The van der Waals surface area contributed by atoms with Gasteiger partial charge in [0.1, 0.15) is 5.69 Å². The zero-order valence-corrected chi connectivity index (χ0v) is 10.7. The van der Waals surface area contributed by atoms with Crippen molar-refractivity contribution >= 4 is 11.7 Å². The maximum absolute atomic E-state index is 11.8. The number of aryl methyl sites for hydroxylation is 1. The summed E-state index contributed by atoms with van der Waals surface area (Å²) in [6, 6.07) is 1.56. The lowest BCUT2D eigenvalue weighted by Gasteiger charge is -2.04. The molecule has 2 N–H and O–H groups in total. The average Bonchev–Trinajstić information content (AvgIpc) is 3.05. The van der Waals surface area contributed by atoms with Crippen LogP contribution < -0.4 is 5.32 Å². The van der Waals surface area contributed by atoms with Crippen LogP contribution in [0.4, 0.5) is 0 Å². The summed E-state index contributed by atoms with van der Waals surface area (Å²) in [5, 5.41) is 2.80. The van der Waals surface area contributed by atoms with Crippen molar-refractivity contribution in [1.29, 1.82) is 0 Å². The molecule has 19 heavy (non-hydrogen) atoms. The van der Waals surface area contributed by atoms with E-state index in [2.05, 4.69) is 15.3 Å². The van der Waals surface area contributed by atoms with Gasteiger partial charge in [-0.1, -0.05) is 0 Å². The first kappa shape index (κ1) is 13.1. The second kappa shape index (κ2) is 5.99. The van der Waals surface area contributed by atoms with Crippen LogP contribution in [0.5, 0.6) is 0 Å². The van der Waals surface area contributed by atoms with Gasteiger partial charge in [0, 0.05) is 37.2 Å². The van der Waals surface area contributed by atoms with Gasteiger partial charge in [0.15, 0.2) is 5.78 Å². The van der Waals surface area contributed by atoms with E-state index in [4.69, 9.17) is 0 Å². The van der Waals surface area contributed by atoms with Gasteiger partial charge in [0.25, 0.3) is 5.91 Å². The van der Waals surface area contributed by atoms with Crippen LogP contribution in [-0.2, 0) is 6.54 Å². The first-order chi connectivity index (χ1) is 9.16. The summed E-state index contributed by atoms with van der Waals surface area (Å²) in [4.78, 5) is 29.6. The van der Waals surface area contributed by atoms with Crippen molar-refractivity contribution in [1.82, 2.24) is 19.9 Å². The van der Waals surface area contributed by atoms with E-state index in [0.717, 1.165) is 13.0 Å². The highest BCUT2D eigenvalue weighted by Crippen LogP contribution is 2.04. The van der Waals surface area contributed by atoms with Gasteiger partial charge in [-0.05, 0) is 19.4 Å². The fourth-order valence-electron chi connectivity index (χ4n) is 1.71. The SMILES string of the molecule is CC(=O)c1c[nH]c(C(=O)NCCCn2ccnc2)c1. The van der Waals surface area contributed by atoms with Gasteiger partial charge in [0.05, 0.1) is 6.33 Å². The number of hydrogen-bond donors (Lipinski definition) is 2. The molecule has 0 aliphatic rings. The van der Waals surface area contributed by atoms with E-state index in [-0.39, 0.29) is 11.7 Å². The largest absolute Gasteiger partial charge is 0.356 e. The molecule has 0 saturated heterocycles. The van der Waals surface area contributed by atoms with E-state index in [0.29, 0.717) is 17.8 Å². The summed E-state index contributed by atoms with van der Waals surface area (Å²) in [6.45, 7) is 2.85. The highest BCUT2D eigenvalue weighted by atomic mass is 16.2. The van der Waals surface area contributed by atoms with Crippen LogP contribution in [0.25, 0.3) is 0 Å². The molecule has 2 aromatic heterocycles. The summed E-state index contributed by atoms with van der Waals surface area (Å²) in [5.41, 5.74) is 0.927. The van der Waals surface area contributed by atoms with E-state index in [1.807, 2.05) is 10.8 Å². The van der Waals surface area contributed by atoms with Crippen LogP contribution >= 0.6 is 0 Å². The van der Waals surface area contributed by atoms with Crippen molar-refractivity contribution in [3.8, 4) is 0 Å². The molecule has 0 saturated carbocycles. The summed E-state index contributed by atoms with van der Waals surface area (Å²) >= 11 is 0. The monoisotopic (exact) mass is 260 g/mol. The number of carbonyl (C=O) groups is 2. The molecule has 2 rings (SSSR count). The Kier molecular flexibility index (Phi) is 4.12. The van der Waals surface area contributed by atoms with E-state index in [1.165, 1.54) is 6.92 Å². The number of H-pyrrole nitrogens is 1. The number of imidazole rings is 1. The third kappa shape index (κ3) is 3.54. The number of ketones is 1. The van der Waals surface area contributed by atoms with Crippen molar-refractivity contribution < 1.29 is 9.59 Å². The molecule has 2 heterocycles. The van der Waals surface area contributed by atoms with Crippen LogP contribution in [0.1, 0.15) is 34.2 Å². The van der Waals surface area contributed by atoms with Gasteiger partial charge in [-0.2, -0.15) is 0 Å². The van der Waals surface area contributed by atoms with Crippen molar-refractivity contribution in [3.63, 3.8) is 0 Å². The smallest absolute Gasteiger partial charge is 0.267 e. The van der Waals surface area contributed by atoms with Gasteiger partial charge in [0.2, 0.25) is 0 Å². The number of nitrogens with one attached hydrogen (secondary N) is 2. The Hall–Kier alpha value is -2.37. The predicted octanol–water partition coefficient (Wildman–Crippen LogP) is 1.23. The van der Waals surface area contributed by atoms with E-state index >= 15 is 0 Å². The minimum atomic E-state index is -0.196. The lowest BCUT2D eigenvalue weighted by atomic mass is 10.2. The topological polar surface area (TPSA) is 79.8 Å². The summed E-state index contributed by atoms with van der Waals surface area (Å²) in [7, 11) is 0. The molecular formula is C13H16N4O2. The molecule has 6 heteroatoms. The molecule has 1 amide bonds. The first-order valence-electron chi connectivity index (χ1n) is 6.10. The molecule has 0 fully saturated rings. The lowest BCUT2D eigenvalue weighted by molar-refractivity contribution is 0.0948. The number of carbonyl (C=O) groups excluding carboxylic acids is 2. The van der Waals surface area contributed by atoms with Crippen LogP contribution in [0.2, 0.25) is 0 Å². The minimum absolute atomic E-state index is 0.0598. The number of hydrogen-bond acceptors (Lipinski definition) is 3. The molecular weight excluding hydrogens is 244 g/mol. The van der Waals surface area contributed by atoms with E-state index < -0.39 is 0 Å². The summed E-state index contributed by atoms with van der Waals surface area (Å²) < 4.78 is 1.95. The fraction of sp³-hybridized carbons (Fsp3) is 0.308. The van der Waals surface area contributed by atoms with Crippen LogP contribution in [0.15, 0.2) is 31.0 Å². The number of nitrogens with zero attached hydrogens (tertiary/aromatic N) is 2. The lowest BCUT2D eigenvalue weighted by Crippen LogP contribution is -2.25. The molecule has 0 radical (unpaired) electrons. The Morgan fingerprint density at radius 3 is 2.95 bits per heavy atom. The average molecular weight is 260 g/mol. The Balaban J connectivity index is 1.76. The number of amides is 1. The Morgan fingerprint density at radius 1 is 1.47 bits per heavy atom. The third-order valence-electron chi connectivity index (χ3n) is 2.77. The van der Waals surface area contributed by atoms with Crippen molar-refractivity contribution in [3.05, 3.63) is 42.2 Å². The Labute approximate surface area is 110 Å². The van der Waals surface area contributed by atoms with Crippen molar-refractivity contribution in [2.75, 3.05) is 6.54 Å². The van der Waals surface area contributed by atoms with Crippen LogP contribution in [-0.4, -0.2) is 32.8 Å². The van der Waals surface area contributed by atoms with Crippen LogP contribution in [0, 0.1) is 0 Å². The van der Waals surface area contributed by atoms with Gasteiger partial charge < -0.3 is 14.9 Å². The van der Waals surface area contributed by atoms with Crippen LogP contribution in [0.3, 0.4) is 0 Å². The minimum Gasteiger partial charge on any atom is -0.356 e. The molecule has 0 aromatic carbocycles. The molecule has 100 valence electrons. The van der Waals surface area contributed by atoms with Gasteiger partial charge in [-0.3, -0.25) is 9.59 Å². The maximum atomic E-state index is 11.8. The molecule has 0 aliphatic carbocycles. The van der Waals surface area contributed by atoms with Crippen molar-refractivity contribution in [2.45, 2.75) is 19.9 Å². The second-order valence-electron chi connectivity index (χ2n) is 4.27. The molecule has 0 atom stereocenters. The third-order valence-corrected chi connectivity index (χ3v) is 2.77. The molecule has 0 bridgehead atoms. The van der Waals surface area contributed by atoms with E-state index in [9.17, 15) is 9.59 Å². The number of Topliss-reactive ketones (excluding diaryl/α,β-unsaturated/α-hetero) is 1. The quantitative estimate of drug-likeness (QED) is 0.605. The molecule has 6 nitrogen and oxygen atoms in total. The Morgan fingerprint density at radius 2 is 2.32 bits per heavy atom. The standard InChI is InChI=1S/C13H16N4O2/c1-10(18)11-7-12(16-8-11)13(19)15-3-2-5-17-6-4-14-9-17/h4,6-9,16H,2-3,5H2,1H3,(H,15,19). The molecule has 0 unspecified atom stereocenters. The summed E-state index contributed by atoms with van der Waals surface area (Å²) in [6.07, 6.45) is 7.71. The first-order valence-corrected chi connectivity index (χ1v) is 6.10. The predicted molar refractivity (Wildman–Crippen MR) is 70.0 cm³/mol. The zero-order chi connectivity index (χ0) is 13.7. The maximum Gasteiger partial charge on any atom is 0.267 e. The zero-order valence-electron chi connectivity index (χ0n) is 10.7. The highest BCUT2D eigenvalue weighted by Gasteiger charge is 2.09. The number of rotatable bonds is 6. The van der Waals surface area contributed by atoms with Crippen molar-refractivity contribution in [2.24, 2.45) is 0 Å². The Bertz CT molecular complexity index is 557. The van der Waals surface area contributed by atoms with E-state index in [1.54, 1.807) is 24.8 Å². The molecule has 2 aromatic rings. The second-order valence-corrected chi connectivity index (χ2v) is 4.27. The number of aromatic amines is 1. The molecule has 0 spiro atoms. The summed E-state index contributed by atoms with van der Waals surface area (Å²) in [5.74, 6) is -0.256. The highest BCUT2D eigenvalue weighted by molar-refractivity contribution is 5.99. The molecule has 0 aliphatic heterocycles. The normalized spacial score (nSPS) is 10.4. The van der Waals surface area contributed by atoms with Gasteiger partial charge >= 0.3 is 0 Å². The van der Waals surface area contributed by atoms with Gasteiger partial charge in [-0.25, -0.2) is 4.98 Å². The fourth-order valence-corrected chi connectivity index (χ4v) is 1.71. The number of aromatic nitrogens is 3.